The van der Waals surface area contributed by atoms with Gasteiger partial charge in [0.25, 0.3) is 5.88 Å². The lowest BCUT2D eigenvalue weighted by molar-refractivity contribution is 0.343. The standard InChI is InChI=1S/C21H19N5O2/c1-27-20-8-16(10-24-21(20)28-2)18-4-3-15-12-26(13-19(15)25-18)17-7-14(5-6-22)9-23-11-17/h3-4,7-11H,5,12-13H2,1-2H3. The lowest BCUT2D eigenvalue weighted by atomic mass is 10.1. The Morgan fingerprint density at radius 2 is 2.00 bits per heavy atom. The first-order valence-corrected chi connectivity index (χ1v) is 8.85. The largest absolute Gasteiger partial charge is 0.491 e. The molecular weight excluding hydrogens is 354 g/mol. The van der Waals surface area contributed by atoms with Crippen LogP contribution in [0.5, 0.6) is 11.6 Å². The number of pyridine rings is 3. The molecule has 7 nitrogen and oxygen atoms in total. The second-order valence-electron chi connectivity index (χ2n) is 6.48. The number of hydrogen-bond donors (Lipinski definition) is 0. The number of hydrogen-bond acceptors (Lipinski definition) is 7. The minimum Gasteiger partial charge on any atom is -0.491 e. The molecule has 0 spiro atoms. The van der Waals surface area contributed by atoms with Gasteiger partial charge in [-0.25, -0.2) is 4.98 Å². The molecule has 0 aromatic carbocycles. The summed E-state index contributed by atoms with van der Waals surface area (Å²) in [7, 11) is 3.15. The van der Waals surface area contributed by atoms with Crippen LogP contribution in [-0.4, -0.2) is 29.2 Å². The third-order valence-electron chi connectivity index (χ3n) is 4.73. The van der Waals surface area contributed by atoms with Crippen molar-refractivity contribution in [2.75, 3.05) is 19.1 Å². The summed E-state index contributed by atoms with van der Waals surface area (Å²) in [6.45, 7) is 1.46. The number of aromatic nitrogens is 3. The Morgan fingerprint density at radius 3 is 2.79 bits per heavy atom. The Kier molecular flexibility index (Phi) is 4.77. The van der Waals surface area contributed by atoms with Crippen molar-refractivity contribution < 1.29 is 9.47 Å². The number of ether oxygens (including phenoxy) is 2. The molecule has 1 aliphatic rings. The fourth-order valence-electron chi connectivity index (χ4n) is 3.30. The van der Waals surface area contributed by atoms with Gasteiger partial charge in [0.1, 0.15) is 0 Å². The molecule has 0 aliphatic carbocycles. The zero-order valence-electron chi connectivity index (χ0n) is 15.7. The molecule has 0 radical (unpaired) electrons. The molecule has 3 aromatic rings. The summed E-state index contributed by atoms with van der Waals surface area (Å²) in [6.07, 6.45) is 5.65. The average Bonchev–Trinajstić information content (AvgIpc) is 3.17. The molecule has 4 heterocycles. The smallest absolute Gasteiger partial charge is 0.256 e. The van der Waals surface area contributed by atoms with E-state index in [0.29, 0.717) is 24.6 Å². The van der Waals surface area contributed by atoms with Gasteiger partial charge >= 0.3 is 0 Å². The molecule has 7 heteroatoms. The van der Waals surface area contributed by atoms with Crippen LogP contribution in [0.2, 0.25) is 0 Å². The van der Waals surface area contributed by atoms with Crippen LogP contribution < -0.4 is 14.4 Å². The predicted molar refractivity (Wildman–Crippen MR) is 104 cm³/mol. The summed E-state index contributed by atoms with van der Waals surface area (Å²) in [4.78, 5) is 15.6. The third-order valence-corrected chi connectivity index (χ3v) is 4.73. The summed E-state index contributed by atoms with van der Waals surface area (Å²) in [5, 5.41) is 8.90. The van der Waals surface area contributed by atoms with Crippen LogP contribution in [0.3, 0.4) is 0 Å². The summed E-state index contributed by atoms with van der Waals surface area (Å²) in [5.74, 6) is 1.02. The van der Waals surface area contributed by atoms with E-state index in [0.717, 1.165) is 34.7 Å². The SMILES string of the molecule is COc1cc(-c2ccc3c(n2)CN(c2cncc(CC#N)c2)C3)cnc1OC. The maximum atomic E-state index is 8.90. The van der Waals surface area contributed by atoms with Crippen LogP contribution in [0, 0.1) is 11.3 Å². The Bertz CT molecular complexity index is 1060. The van der Waals surface area contributed by atoms with Gasteiger partial charge < -0.3 is 14.4 Å². The van der Waals surface area contributed by atoms with Crippen molar-refractivity contribution in [3.05, 3.63) is 59.7 Å². The van der Waals surface area contributed by atoms with E-state index in [2.05, 4.69) is 27.0 Å². The highest BCUT2D eigenvalue weighted by molar-refractivity contribution is 5.63. The molecule has 0 saturated heterocycles. The first-order chi connectivity index (χ1) is 13.7. The van der Waals surface area contributed by atoms with Gasteiger partial charge in [0.05, 0.1) is 56.5 Å². The zero-order chi connectivity index (χ0) is 19.5. The highest BCUT2D eigenvalue weighted by atomic mass is 16.5. The zero-order valence-corrected chi connectivity index (χ0v) is 15.7. The van der Waals surface area contributed by atoms with Gasteiger partial charge in [-0.1, -0.05) is 6.07 Å². The number of nitriles is 1. The number of nitrogens with zero attached hydrogens (tertiary/aromatic N) is 5. The van der Waals surface area contributed by atoms with E-state index in [-0.39, 0.29) is 0 Å². The number of methoxy groups -OCH3 is 2. The Morgan fingerprint density at radius 1 is 1.11 bits per heavy atom. The topological polar surface area (TPSA) is 84.2 Å². The summed E-state index contributed by atoms with van der Waals surface area (Å²) in [6, 6.07) is 10.2. The molecule has 0 amide bonds. The molecule has 3 aromatic heterocycles. The van der Waals surface area contributed by atoms with E-state index < -0.39 is 0 Å². The fraction of sp³-hybridized carbons (Fsp3) is 0.238. The Labute approximate surface area is 163 Å². The summed E-state index contributed by atoms with van der Waals surface area (Å²) >= 11 is 0. The van der Waals surface area contributed by atoms with Gasteiger partial charge in [-0.05, 0) is 29.3 Å². The van der Waals surface area contributed by atoms with Gasteiger partial charge in [-0.15, -0.1) is 0 Å². The molecule has 140 valence electrons. The van der Waals surface area contributed by atoms with Gasteiger partial charge in [-0.2, -0.15) is 5.26 Å². The quantitative estimate of drug-likeness (QED) is 0.679. The molecule has 0 N–H and O–H groups in total. The van der Waals surface area contributed by atoms with Crippen molar-refractivity contribution in [3.63, 3.8) is 0 Å². The van der Waals surface area contributed by atoms with Gasteiger partial charge in [0, 0.05) is 24.5 Å². The van der Waals surface area contributed by atoms with Crippen LogP contribution in [0.4, 0.5) is 5.69 Å². The first-order valence-electron chi connectivity index (χ1n) is 8.85. The second-order valence-corrected chi connectivity index (χ2v) is 6.48. The maximum absolute atomic E-state index is 8.90. The molecule has 0 unspecified atom stereocenters. The van der Waals surface area contributed by atoms with Crippen molar-refractivity contribution in [3.8, 4) is 29.0 Å². The van der Waals surface area contributed by atoms with E-state index in [4.69, 9.17) is 19.7 Å². The van der Waals surface area contributed by atoms with E-state index in [9.17, 15) is 0 Å². The van der Waals surface area contributed by atoms with E-state index in [1.807, 2.05) is 24.4 Å². The van der Waals surface area contributed by atoms with Crippen LogP contribution in [0.1, 0.15) is 16.8 Å². The van der Waals surface area contributed by atoms with E-state index in [1.165, 1.54) is 5.56 Å². The molecule has 0 atom stereocenters. The summed E-state index contributed by atoms with van der Waals surface area (Å²) in [5.41, 5.74) is 5.84. The highest BCUT2D eigenvalue weighted by Crippen LogP contribution is 2.32. The van der Waals surface area contributed by atoms with Crippen LogP contribution in [0.25, 0.3) is 11.3 Å². The Hall–Kier alpha value is -3.66. The van der Waals surface area contributed by atoms with Gasteiger partial charge in [0.15, 0.2) is 5.75 Å². The van der Waals surface area contributed by atoms with Crippen molar-refractivity contribution in [2.24, 2.45) is 0 Å². The Balaban J connectivity index is 1.60. The van der Waals surface area contributed by atoms with Crippen molar-refractivity contribution in [1.29, 1.82) is 5.26 Å². The van der Waals surface area contributed by atoms with E-state index >= 15 is 0 Å². The molecular formula is C21H19N5O2. The minimum atomic E-state index is 0.357. The maximum Gasteiger partial charge on any atom is 0.256 e. The second kappa shape index (κ2) is 7.53. The predicted octanol–water partition coefficient (Wildman–Crippen LogP) is 3.14. The summed E-state index contributed by atoms with van der Waals surface area (Å²) < 4.78 is 10.5. The number of rotatable bonds is 5. The van der Waals surface area contributed by atoms with Crippen molar-refractivity contribution in [2.45, 2.75) is 19.5 Å². The molecule has 0 bridgehead atoms. The molecule has 0 saturated carbocycles. The first kappa shape index (κ1) is 17.7. The molecule has 4 rings (SSSR count). The molecule has 1 aliphatic heterocycles. The highest BCUT2D eigenvalue weighted by Gasteiger charge is 2.22. The number of anilines is 1. The average molecular weight is 373 g/mol. The van der Waals surface area contributed by atoms with Crippen LogP contribution >= 0.6 is 0 Å². The lowest BCUT2D eigenvalue weighted by Gasteiger charge is -2.17. The minimum absolute atomic E-state index is 0.357. The monoisotopic (exact) mass is 373 g/mol. The van der Waals surface area contributed by atoms with E-state index in [1.54, 1.807) is 26.6 Å². The van der Waals surface area contributed by atoms with Gasteiger partial charge in [0.2, 0.25) is 0 Å². The normalized spacial score (nSPS) is 12.4. The number of fused-ring (bicyclic) bond motifs is 1. The van der Waals surface area contributed by atoms with Gasteiger partial charge in [-0.3, -0.25) is 9.97 Å². The van der Waals surface area contributed by atoms with Crippen molar-refractivity contribution >= 4 is 5.69 Å². The van der Waals surface area contributed by atoms with Crippen LogP contribution in [0.15, 0.2) is 42.9 Å². The van der Waals surface area contributed by atoms with Crippen molar-refractivity contribution in [1.82, 2.24) is 15.0 Å². The molecule has 0 fully saturated rings. The third kappa shape index (κ3) is 3.32. The molecule has 28 heavy (non-hydrogen) atoms. The van der Waals surface area contributed by atoms with Crippen LogP contribution in [-0.2, 0) is 19.5 Å². The fourth-order valence-corrected chi connectivity index (χ4v) is 3.30. The lowest BCUT2D eigenvalue weighted by Crippen LogP contribution is -2.15.